The Kier molecular flexibility index (Phi) is 6.07. The maximum Gasteiger partial charge on any atom is 0.272 e. The summed E-state index contributed by atoms with van der Waals surface area (Å²) in [4.78, 5) is 32.8. The van der Waals surface area contributed by atoms with E-state index in [0.29, 0.717) is 30.9 Å². The van der Waals surface area contributed by atoms with Crippen molar-refractivity contribution in [1.82, 2.24) is 9.88 Å². The minimum absolute atomic E-state index is 0.139. The monoisotopic (exact) mass is 325 g/mol. The van der Waals surface area contributed by atoms with Gasteiger partial charge in [-0.2, -0.15) is 0 Å². The molecule has 0 spiro atoms. The lowest BCUT2D eigenvalue weighted by Crippen LogP contribution is -2.33. The maximum absolute atomic E-state index is 12.8. The van der Waals surface area contributed by atoms with Crippen molar-refractivity contribution in [3.05, 3.63) is 59.9 Å². The number of anilines is 1. The van der Waals surface area contributed by atoms with E-state index in [2.05, 4.69) is 4.98 Å². The second-order valence-electron chi connectivity index (χ2n) is 5.29. The first kappa shape index (κ1) is 17.7. The van der Waals surface area contributed by atoms with E-state index in [1.807, 2.05) is 51.1 Å². The largest absolute Gasteiger partial charge is 0.338 e. The third-order valence-corrected chi connectivity index (χ3v) is 3.91. The third kappa shape index (κ3) is 3.79. The van der Waals surface area contributed by atoms with Crippen LogP contribution in [0, 0.1) is 0 Å². The van der Waals surface area contributed by atoms with Gasteiger partial charge in [-0.15, -0.1) is 0 Å². The number of rotatable bonds is 6. The van der Waals surface area contributed by atoms with Gasteiger partial charge in [0.05, 0.1) is 0 Å². The molecule has 0 fully saturated rings. The number of benzene rings is 1. The molecule has 2 aromatic rings. The fraction of sp³-hybridized carbons (Fsp3) is 0.316. The molecule has 0 saturated heterocycles. The Morgan fingerprint density at radius 1 is 0.917 bits per heavy atom. The smallest absolute Gasteiger partial charge is 0.272 e. The number of hydrogen-bond acceptors (Lipinski definition) is 3. The molecule has 0 bridgehead atoms. The van der Waals surface area contributed by atoms with Gasteiger partial charge < -0.3 is 9.80 Å². The number of pyridine rings is 1. The fourth-order valence-electron chi connectivity index (χ4n) is 2.56. The second-order valence-corrected chi connectivity index (χ2v) is 5.29. The lowest BCUT2D eigenvalue weighted by Gasteiger charge is -2.22. The van der Waals surface area contributed by atoms with E-state index in [1.165, 1.54) is 6.20 Å². The highest BCUT2D eigenvalue weighted by molar-refractivity contribution is 6.07. The summed E-state index contributed by atoms with van der Waals surface area (Å²) >= 11 is 0. The summed E-state index contributed by atoms with van der Waals surface area (Å²) in [6, 6.07) is 12.7. The molecule has 24 heavy (non-hydrogen) atoms. The Bertz CT molecular complexity index is 697. The van der Waals surface area contributed by atoms with Crippen LogP contribution in [0.15, 0.2) is 48.7 Å². The van der Waals surface area contributed by atoms with Crippen molar-refractivity contribution < 1.29 is 9.59 Å². The normalized spacial score (nSPS) is 10.3. The van der Waals surface area contributed by atoms with Gasteiger partial charge in [-0.1, -0.05) is 18.2 Å². The second kappa shape index (κ2) is 8.24. The molecular formula is C19H23N3O2. The van der Waals surface area contributed by atoms with Crippen LogP contribution >= 0.6 is 0 Å². The van der Waals surface area contributed by atoms with Crippen molar-refractivity contribution in [3.63, 3.8) is 0 Å². The molecule has 5 heteroatoms. The van der Waals surface area contributed by atoms with Crippen LogP contribution in [0.3, 0.4) is 0 Å². The van der Waals surface area contributed by atoms with Crippen LogP contribution in [0.25, 0.3) is 0 Å². The first-order valence-corrected chi connectivity index (χ1v) is 8.24. The molecule has 2 rings (SSSR count). The van der Waals surface area contributed by atoms with Crippen molar-refractivity contribution in [3.8, 4) is 0 Å². The summed E-state index contributed by atoms with van der Waals surface area (Å²) in [6.07, 6.45) is 1.52. The Morgan fingerprint density at radius 2 is 1.58 bits per heavy atom. The molecule has 0 N–H and O–H groups in total. The molecule has 5 nitrogen and oxygen atoms in total. The standard InChI is InChI=1S/C19H23N3O2/c1-4-21(5-2)19(24)17-14-15(12-13-20-17)18(23)22(6-3)16-10-8-7-9-11-16/h7-14H,4-6H2,1-3H3. The fourth-order valence-corrected chi connectivity index (χ4v) is 2.56. The summed E-state index contributed by atoms with van der Waals surface area (Å²) in [7, 11) is 0. The minimum Gasteiger partial charge on any atom is -0.338 e. The molecule has 1 aromatic heterocycles. The van der Waals surface area contributed by atoms with Crippen LogP contribution < -0.4 is 4.90 Å². The van der Waals surface area contributed by atoms with Gasteiger partial charge in [-0.25, -0.2) is 0 Å². The molecule has 0 aliphatic carbocycles. The topological polar surface area (TPSA) is 53.5 Å². The number of aromatic nitrogens is 1. The highest BCUT2D eigenvalue weighted by Gasteiger charge is 2.19. The Morgan fingerprint density at radius 3 is 2.17 bits per heavy atom. The van der Waals surface area contributed by atoms with E-state index in [4.69, 9.17) is 0 Å². The number of nitrogens with zero attached hydrogens (tertiary/aromatic N) is 3. The van der Waals surface area contributed by atoms with Crippen LogP contribution in [-0.2, 0) is 0 Å². The number of hydrogen-bond donors (Lipinski definition) is 0. The van der Waals surface area contributed by atoms with Gasteiger partial charge in [0.25, 0.3) is 11.8 Å². The van der Waals surface area contributed by atoms with Gasteiger partial charge in [0.15, 0.2) is 0 Å². The van der Waals surface area contributed by atoms with Gasteiger partial charge in [0, 0.05) is 37.1 Å². The van der Waals surface area contributed by atoms with Gasteiger partial charge in [0.1, 0.15) is 5.69 Å². The lowest BCUT2D eigenvalue weighted by atomic mass is 10.1. The van der Waals surface area contributed by atoms with Crippen LogP contribution in [0.2, 0.25) is 0 Å². The van der Waals surface area contributed by atoms with E-state index in [9.17, 15) is 9.59 Å². The summed E-state index contributed by atoms with van der Waals surface area (Å²) in [6.45, 7) is 7.54. The van der Waals surface area contributed by atoms with Crippen LogP contribution in [-0.4, -0.2) is 41.3 Å². The Hall–Kier alpha value is -2.69. The van der Waals surface area contributed by atoms with E-state index in [0.717, 1.165) is 5.69 Å². The summed E-state index contributed by atoms with van der Waals surface area (Å²) in [5, 5.41) is 0. The SMILES string of the molecule is CCN(CC)C(=O)c1cc(C(=O)N(CC)c2ccccc2)ccn1. The average Bonchev–Trinajstić information content (AvgIpc) is 2.64. The van der Waals surface area contributed by atoms with E-state index >= 15 is 0 Å². The summed E-state index contributed by atoms with van der Waals surface area (Å²) in [5.74, 6) is -0.294. The first-order chi connectivity index (χ1) is 11.6. The molecule has 0 aliphatic heterocycles. The zero-order chi connectivity index (χ0) is 17.5. The van der Waals surface area contributed by atoms with Gasteiger partial charge in [0.2, 0.25) is 0 Å². The van der Waals surface area contributed by atoms with E-state index in [1.54, 1.807) is 21.9 Å². The minimum atomic E-state index is -0.155. The van der Waals surface area contributed by atoms with Crippen molar-refractivity contribution >= 4 is 17.5 Å². The Balaban J connectivity index is 2.30. The van der Waals surface area contributed by atoms with Gasteiger partial charge in [-0.05, 0) is 45.0 Å². The van der Waals surface area contributed by atoms with Crippen LogP contribution in [0.4, 0.5) is 5.69 Å². The molecule has 1 aromatic carbocycles. The quantitative estimate of drug-likeness (QED) is 0.819. The van der Waals surface area contributed by atoms with Crippen molar-refractivity contribution in [1.29, 1.82) is 0 Å². The molecule has 0 saturated carbocycles. The lowest BCUT2D eigenvalue weighted by molar-refractivity contribution is 0.0767. The summed E-state index contributed by atoms with van der Waals surface area (Å²) < 4.78 is 0. The zero-order valence-electron chi connectivity index (χ0n) is 14.4. The predicted octanol–water partition coefficient (Wildman–Crippen LogP) is 3.23. The van der Waals surface area contributed by atoms with Gasteiger partial charge >= 0.3 is 0 Å². The average molecular weight is 325 g/mol. The highest BCUT2D eigenvalue weighted by Crippen LogP contribution is 2.17. The molecule has 1 heterocycles. The third-order valence-electron chi connectivity index (χ3n) is 3.91. The predicted molar refractivity (Wildman–Crippen MR) is 95.3 cm³/mol. The summed E-state index contributed by atoms with van der Waals surface area (Å²) in [5.41, 5.74) is 1.60. The number of carbonyl (C=O) groups excluding carboxylic acids is 2. The van der Waals surface area contributed by atoms with Gasteiger partial charge in [-0.3, -0.25) is 14.6 Å². The van der Waals surface area contributed by atoms with E-state index in [-0.39, 0.29) is 11.8 Å². The van der Waals surface area contributed by atoms with Crippen molar-refractivity contribution in [2.75, 3.05) is 24.5 Å². The molecule has 126 valence electrons. The zero-order valence-corrected chi connectivity index (χ0v) is 14.4. The molecule has 2 amide bonds. The molecule has 0 atom stereocenters. The molecule has 0 radical (unpaired) electrons. The first-order valence-electron chi connectivity index (χ1n) is 8.24. The highest BCUT2D eigenvalue weighted by atomic mass is 16.2. The molecule has 0 aliphatic rings. The number of amides is 2. The Labute approximate surface area is 142 Å². The van der Waals surface area contributed by atoms with Crippen molar-refractivity contribution in [2.24, 2.45) is 0 Å². The number of para-hydroxylation sites is 1. The maximum atomic E-state index is 12.8. The van der Waals surface area contributed by atoms with Crippen molar-refractivity contribution in [2.45, 2.75) is 20.8 Å². The van der Waals surface area contributed by atoms with Crippen LogP contribution in [0.5, 0.6) is 0 Å². The number of carbonyl (C=O) groups is 2. The van der Waals surface area contributed by atoms with E-state index < -0.39 is 0 Å². The van der Waals surface area contributed by atoms with Crippen LogP contribution in [0.1, 0.15) is 41.6 Å². The molecule has 0 unspecified atom stereocenters. The molecular weight excluding hydrogens is 302 g/mol.